The molecule has 0 N–H and O–H groups in total. The van der Waals surface area contributed by atoms with Crippen LogP contribution in [0.2, 0.25) is 16.6 Å². The van der Waals surface area contributed by atoms with E-state index in [1.807, 2.05) is 6.08 Å². The van der Waals surface area contributed by atoms with Crippen molar-refractivity contribution in [1.82, 2.24) is 0 Å². The van der Waals surface area contributed by atoms with Crippen molar-refractivity contribution in [2.45, 2.75) is 342 Å². The van der Waals surface area contributed by atoms with Crippen LogP contribution in [-0.2, 0) is 61.3 Å². The highest BCUT2D eigenvalue weighted by Gasteiger charge is 2.62. The SMILES string of the molecule is C=CC[C@H]1O[C@H]2C=C[C@H]3O[C@H]4[C@H](C)[C@H]5O[C@@H](/C=C/[C@H](C)CC)C=CC[C@@H]5O[C@@H]4C[C@@H]3O[C@@H]2C=C[C@@H]1OC(C[C@@H](C)[C@]1(C)O[C@@H]2C[C@H](C)C[C@@H]3O[C@@H]4[C@@H](C)[C@H](C)[C@@H]5O[C@]6(C[C@H](C)CO6)[C@@H](C)[C@H](C)[C@H]5O[C@H]4C[C@H]3O[C@H]2C[C@H]1O[Si](C(C)C)(C(C)C)C(C)C)Sc1ccccc1. The molecule has 1 unspecified atom stereocenters. The lowest BCUT2D eigenvalue weighted by Gasteiger charge is -2.57. The molecule has 15 heteroatoms. The van der Waals surface area contributed by atoms with Crippen LogP contribution < -0.4 is 0 Å². The molecule has 1 aromatic carbocycles. The highest BCUT2D eigenvalue weighted by molar-refractivity contribution is 7.99. The minimum Gasteiger partial charge on any atom is -0.410 e. The van der Waals surface area contributed by atoms with Crippen molar-refractivity contribution in [1.29, 1.82) is 0 Å². The zero-order valence-electron chi connectivity index (χ0n) is 60.3. The van der Waals surface area contributed by atoms with Crippen LogP contribution in [0.5, 0.6) is 0 Å². The Bertz CT molecular complexity index is 2760. The van der Waals surface area contributed by atoms with Crippen molar-refractivity contribution in [3.05, 3.63) is 91.6 Å². The van der Waals surface area contributed by atoms with E-state index < -0.39 is 25.8 Å². The number of allylic oxidation sites excluding steroid dienone is 1. The van der Waals surface area contributed by atoms with Crippen molar-refractivity contribution in [2.75, 3.05) is 6.61 Å². The third-order valence-electron chi connectivity index (χ3n) is 25.4. The molecule has 12 rings (SSSR count). The third kappa shape index (κ3) is 14.5. The van der Waals surface area contributed by atoms with Crippen molar-refractivity contribution in [3.8, 4) is 0 Å². The van der Waals surface area contributed by atoms with Gasteiger partial charge in [0.15, 0.2) is 5.79 Å². The number of benzene rings is 1. The molecule has 1 spiro atoms. The molecule has 11 aliphatic rings. The summed E-state index contributed by atoms with van der Waals surface area (Å²) in [6.07, 6.45) is 24.2. The summed E-state index contributed by atoms with van der Waals surface area (Å²) in [5, 5.41) is 0. The Morgan fingerprint density at radius 1 is 0.606 bits per heavy atom. The largest absolute Gasteiger partial charge is 0.410 e. The summed E-state index contributed by atoms with van der Waals surface area (Å²) in [6, 6.07) is 10.7. The molecule has 8 fully saturated rings. The normalized spacial score (nSPS) is 46.4. The maximum atomic E-state index is 8.16. The Hall–Kier alpha value is -2.03. The second-order valence-corrected chi connectivity index (χ2v) is 39.4. The van der Waals surface area contributed by atoms with Crippen LogP contribution in [0.3, 0.4) is 0 Å². The number of hydrogen-bond acceptors (Lipinski definition) is 14. The van der Waals surface area contributed by atoms with Gasteiger partial charge in [-0.2, -0.15) is 0 Å². The molecule has 32 atom stereocenters. The summed E-state index contributed by atoms with van der Waals surface area (Å²) in [7, 11) is -2.50. The van der Waals surface area contributed by atoms with E-state index in [1.54, 1.807) is 11.8 Å². The molecule has 0 bridgehead atoms. The van der Waals surface area contributed by atoms with Crippen molar-refractivity contribution in [2.24, 2.45) is 53.3 Å². The zero-order valence-corrected chi connectivity index (χ0v) is 62.2. The van der Waals surface area contributed by atoms with Gasteiger partial charge >= 0.3 is 0 Å². The van der Waals surface area contributed by atoms with Gasteiger partial charge in [-0.05, 0) is 109 Å². The average molecular weight is 1340 g/mol. The Labute approximate surface area is 572 Å². The quantitative estimate of drug-likeness (QED) is 0.0637. The van der Waals surface area contributed by atoms with E-state index in [1.165, 1.54) is 0 Å². The smallest absolute Gasteiger partial charge is 0.200 e. The number of fused-ring (bicyclic) bond motifs is 8. The van der Waals surface area contributed by atoms with Gasteiger partial charge in [-0.3, -0.25) is 0 Å². The molecule has 526 valence electrons. The highest BCUT2D eigenvalue weighted by Crippen LogP contribution is 2.55. The van der Waals surface area contributed by atoms with Gasteiger partial charge in [0.1, 0.15) is 29.9 Å². The summed E-state index contributed by atoms with van der Waals surface area (Å²) in [5.41, 5.74) is 0.138. The standard InChI is InChI=1S/C79H122O13SSi/c1-19-25-58-61(34-32-60-59(82-58)33-35-62-65(83-60)39-69-75(87-62)54(16)74-63(84-69)29-24-26-56(81-74)31-30-47(9)20-2)86-72(93-57-27-22-21-23-28-57)38-50(12)78(18)71(92-94(44(3)4,45(5)6)46(7)8)41-67-68(90-78)37-48(10)36-64-66(85-67)40-70-73(88-64)51(13)52(14)77-76(89-70)53(15)55(17)79(91-77)42-49(11)43-80-79/h19,21-24,26-28,30-35,44-56,58-77H,1,20,25,29,36-43H2,2-18H3/b31-30+/t47-,48-,49+,50-,51+,52+,53+,54-,55+,56-,58-,59+,60-,61+,62-,63+,64+,65+,66-,67+,68-,69-,70+,71-,72?,73-,74-,75+,76-,77+,78+,79-/m1/s1. The molecule has 0 aromatic heterocycles. The number of thioether (sulfide) groups is 1. The van der Waals surface area contributed by atoms with Gasteiger partial charge in [0.2, 0.25) is 8.32 Å². The molecule has 94 heavy (non-hydrogen) atoms. The average Bonchev–Trinajstić information content (AvgIpc) is 1.32. The van der Waals surface area contributed by atoms with E-state index in [4.69, 9.17) is 61.3 Å². The summed E-state index contributed by atoms with van der Waals surface area (Å²) in [5.74, 6) is 1.77. The topological polar surface area (TPSA) is 120 Å². The molecule has 11 aliphatic heterocycles. The second kappa shape index (κ2) is 29.9. The lowest BCUT2D eigenvalue weighted by Crippen LogP contribution is -2.65. The van der Waals surface area contributed by atoms with E-state index in [-0.39, 0.29) is 157 Å². The van der Waals surface area contributed by atoms with Crippen LogP contribution in [0.4, 0.5) is 0 Å². The van der Waals surface area contributed by atoms with Crippen molar-refractivity contribution >= 4 is 20.1 Å². The Morgan fingerprint density at radius 3 is 1.95 bits per heavy atom. The first-order valence-electron chi connectivity index (χ1n) is 37.5. The van der Waals surface area contributed by atoms with Gasteiger partial charge < -0.3 is 61.3 Å². The van der Waals surface area contributed by atoms with Crippen LogP contribution in [0.25, 0.3) is 0 Å². The van der Waals surface area contributed by atoms with Gasteiger partial charge in [0.25, 0.3) is 0 Å². The molecule has 11 heterocycles. The van der Waals surface area contributed by atoms with Crippen LogP contribution in [0.1, 0.15) is 182 Å². The maximum absolute atomic E-state index is 8.16. The van der Waals surface area contributed by atoms with Crippen LogP contribution >= 0.6 is 11.8 Å². The minimum absolute atomic E-state index is 0.00795. The number of ether oxygens (including phenoxy) is 12. The Balaban J connectivity index is 0.784. The van der Waals surface area contributed by atoms with E-state index in [2.05, 4.69) is 203 Å². The predicted octanol–water partition coefficient (Wildman–Crippen LogP) is 16.5. The lowest BCUT2D eigenvalue weighted by atomic mass is 9.73. The fourth-order valence-corrected chi connectivity index (χ4v) is 26.1. The first-order chi connectivity index (χ1) is 44.9. The summed E-state index contributed by atoms with van der Waals surface area (Å²) < 4.78 is 95.4. The fourth-order valence-electron chi connectivity index (χ4n) is 19.3. The van der Waals surface area contributed by atoms with Gasteiger partial charge in [-0.15, -0.1) is 6.58 Å². The number of rotatable bonds is 17. The second-order valence-electron chi connectivity index (χ2n) is 32.7. The molecular weight excluding hydrogens is 1220 g/mol. The summed E-state index contributed by atoms with van der Waals surface area (Å²) >= 11 is 1.78. The van der Waals surface area contributed by atoms with Gasteiger partial charge in [0.05, 0.1) is 110 Å². The molecule has 13 nitrogen and oxygen atoms in total. The molecule has 0 saturated carbocycles. The first-order valence-corrected chi connectivity index (χ1v) is 40.5. The first kappa shape index (κ1) is 71.8. The van der Waals surface area contributed by atoms with Crippen molar-refractivity contribution < 1.29 is 61.3 Å². The minimum atomic E-state index is -2.50. The van der Waals surface area contributed by atoms with E-state index in [9.17, 15) is 0 Å². The summed E-state index contributed by atoms with van der Waals surface area (Å²) in [4.78, 5) is 1.15. The molecular formula is C79H122O13SSi. The molecule has 1 aromatic rings. The highest BCUT2D eigenvalue weighted by atomic mass is 32.2. The van der Waals surface area contributed by atoms with Gasteiger partial charge in [-0.25, -0.2) is 0 Å². The van der Waals surface area contributed by atoms with Crippen molar-refractivity contribution in [3.63, 3.8) is 0 Å². The number of hydrogen-bond donors (Lipinski definition) is 0. The van der Waals surface area contributed by atoms with E-state index >= 15 is 0 Å². The van der Waals surface area contributed by atoms with Crippen LogP contribution in [0.15, 0.2) is 96.5 Å². The zero-order chi connectivity index (χ0) is 66.7. The molecule has 8 saturated heterocycles. The monoisotopic (exact) mass is 1340 g/mol. The summed E-state index contributed by atoms with van der Waals surface area (Å²) in [6.45, 7) is 45.0. The fraction of sp³-hybridized carbons (Fsp3) is 0.797. The maximum Gasteiger partial charge on any atom is 0.200 e. The Kier molecular flexibility index (Phi) is 22.8. The molecule has 0 amide bonds. The van der Waals surface area contributed by atoms with Crippen LogP contribution in [0, 0.1) is 53.3 Å². The molecule has 0 aliphatic carbocycles. The predicted molar refractivity (Wildman–Crippen MR) is 374 cm³/mol. The lowest BCUT2D eigenvalue weighted by molar-refractivity contribution is -0.335. The van der Waals surface area contributed by atoms with E-state index in [0.717, 1.165) is 62.9 Å². The van der Waals surface area contributed by atoms with E-state index in [0.29, 0.717) is 47.2 Å². The third-order valence-corrected chi connectivity index (χ3v) is 32.6. The molecule has 0 radical (unpaired) electrons. The van der Waals surface area contributed by atoms with Crippen LogP contribution in [-0.4, -0.2) is 154 Å². The Morgan fingerprint density at radius 2 is 1.23 bits per heavy atom. The van der Waals surface area contributed by atoms with Gasteiger partial charge in [-0.1, -0.05) is 202 Å². The van der Waals surface area contributed by atoms with Gasteiger partial charge in [0, 0.05) is 42.4 Å².